The van der Waals surface area contributed by atoms with Crippen molar-refractivity contribution in [2.75, 3.05) is 13.1 Å². The second kappa shape index (κ2) is 8.89. The van der Waals surface area contributed by atoms with Crippen molar-refractivity contribution in [3.8, 4) is 0 Å². The molecule has 0 bridgehead atoms. The number of imidazole rings is 1. The van der Waals surface area contributed by atoms with Crippen molar-refractivity contribution in [1.29, 1.82) is 0 Å². The standard InChI is InChI=1S/C23H23Cl2N3O3/c1-2-27-19-5-3-4-6-20(19)28(23(27)31)14-21(29)26-11-9-15(10-12-26)22(30)16-7-8-17(24)18(25)13-16/h3-8,13,15H,2,9-12,14H2,1H3. The van der Waals surface area contributed by atoms with Crippen LogP contribution in [0.1, 0.15) is 30.1 Å². The number of fused-ring (bicyclic) bond motifs is 1. The Bertz CT molecular complexity index is 1210. The van der Waals surface area contributed by atoms with Gasteiger partial charge in [-0.05, 0) is 50.1 Å². The number of rotatable bonds is 5. The summed E-state index contributed by atoms with van der Waals surface area (Å²) in [6, 6.07) is 12.4. The Morgan fingerprint density at radius 1 is 0.968 bits per heavy atom. The first-order valence-electron chi connectivity index (χ1n) is 10.4. The zero-order valence-corrected chi connectivity index (χ0v) is 18.7. The van der Waals surface area contributed by atoms with Crippen LogP contribution in [0.15, 0.2) is 47.3 Å². The van der Waals surface area contributed by atoms with Gasteiger partial charge in [0.1, 0.15) is 6.54 Å². The highest BCUT2D eigenvalue weighted by Crippen LogP contribution is 2.27. The molecule has 3 aromatic rings. The first-order valence-corrected chi connectivity index (χ1v) is 11.1. The number of hydrogen-bond acceptors (Lipinski definition) is 3. The van der Waals surface area contributed by atoms with Crippen LogP contribution in [0.5, 0.6) is 0 Å². The Labute approximate surface area is 190 Å². The summed E-state index contributed by atoms with van der Waals surface area (Å²) in [7, 11) is 0. The number of Topliss-reactive ketones (excluding diaryl/α,β-unsaturated/α-hetero) is 1. The number of hydrogen-bond donors (Lipinski definition) is 0. The summed E-state index contributed by atoms with van der Waals surface area (Å²) in [5, 5.41) is 0.773. The number of likely N-dealkylation sites (tertiary alicyclic amines) is 1. The summed E-state index contributed by atoms with van der Waals surface area (Å²) in [6.07, 6.45) is 1.16. The number of ketones is 1. The molecule has 162 valence electrons. The van der Waals surface area contributed by atoms with Crippen molar-refractivity contribution in [2.24, 2.45) is 5.92 Å². The highest BCUT2D eigenvalue weighted by atomic mass is 35.5. The fourth-order valence-electron chi connectivity index (χ4n) is 4.24. The maximum Gasteiger partial charge on any atom is 0.329 e. The van der Waals surface area contributed by atoms with E-state index in [9.17, 15) is 14.4 Å². The van der Waals surface area contributed by atoms with Gasteiger partial charge in [0.05, 0.1) is 21.1 Å². The number of benzene rings is 2. The average Bonchev–Trinajstić information content (AvgIpc) is 3.06. The Balaban J connectivity index is 1.44. The highest BCUT2D eigenvalue weighted by Gasteiger charge is 2.29. The third kappa shape index (κ3) is 4.14. The third-order valence-corrected chi connectivity index (χ3v) is 6.70. The van der Waals surface area contributed by atoms with E-state index < -0.39 is 0 Å². The fourth-order valence-corrected chi connectivity index (χ4v) is 4.54. The minimum Gasteiger partial charge on any atom is -0.341 e. The zero-order chi connectivity index (χ0) is 22.1. The monoisotopic (exact) mass is 459 g/mol. The van der Waals surface area contributed by atoms with E-state index in [0.717, 1.165) is 11.0 Å². The molecular weight excluding hydrogens is 437 g/mol. The van der Waals surface area contributed by atoms with Crippen LogP contribution in [0, 0.1) is 5.92 Å². The van der Waals surface area contributed by atoms with E-state index in [1.165, 1.54) is 4.57 Å². The molecule has 31 heavy (non-hydrogen) atoms. The van der Waals surface area contributed by atoms with Crippen molar-refractivity contribution in [3.63, 3.8) is 0 Å². The second-order valence-electron chi connectivity index (χ2n) is 7.75. The lowest BCUT2D eigenvalue weighted by Gasteiger charge is -2.31. The minimum atomic E-state index is -0.179. The molecule has 0 radical (unpaired) electrons. The first-order chi connectivity index (χ1) is 14.9. The Morgan fingerprint density at radius 3 is 2.23 bits per heavy atom. The van der Waals surface area contributed by atoms with E-state index in [-0.39, 0.29) is 29.8 Å². The normalized spacial score (nSPS) is 14.9. The number of carbonyl (C=O) groups is 2. The molecule has 8 heteroatoms. The van der Waals surface area contributed by atoms with Crippen LogP contribution in [-0.2, 0) is 17.9 Å². The molecule has 4 rings (SSSR count). The van der Waals surface area contributed by atoms with Crippen molar-refractivity contribution in [1.82, 2.24) is 14.0 Å². The molecule has 1 aromatic heterocycles. The molecule has 1 saturated heterocycles. The van der Waals surface area contributed by atoms with E-state index in [2.05, 4.69) is 0 Å². The quantitative estimate of drug-likeness (QED) is 0.535. The number of halogens is 2. The van der Waals surface area contributed by atoms with E-state index >= 15 is 0 Å². The van der Waals surface area contributed by atoms with Crippen LogP contribution in [0.3, 0.4) is 0 Å². The van der Waals surface area contributed by atoms with E-state index in [4.69, 9.17) is 23.2 Å². The maximum absolute atomic E-state index is 12.9. The van der Waals surface area contributed by atoms with Gasteiger partial charge in [0, 0.05) is 31.1 Å². The van der Waals surface area contributed by atoms with Crippen molar-refractivity contribution < 1.29 is 9.59 Å². The summed E-state index contributed by atoms with van der Waals surface area (Å²) in [4.78, 5) is 40.3. The van der Waals surface area contributed by atoms with E-state index in [0.29, 0.717) is 48.1 Å². The Morgan fingerprint density at radius 2 is 1.61 bits per heavy atom. The number of para-hydroxylation sites is 2. The lowest BCUT2D eigenvalue weighted by Crippen LogP contribution is -2.43. The highest BCUT2D eigenvalue weighted by molar-refractivity contribution is 6.42. The van der Waals surface area contributed by atoms with Gasteiger partial charge in [0.15, 0.2) is 5.78 Å². The molecule has 2 heterocycles. The van der Waals surface area contributed by atoms with Gasteiger partial charge in [-0.2, -0.15) is 0 Å². The van der Waals surface area contributed by atoms with Crippen LogP contribution in [-0.4, -0.2) is 38.8 Å². The van der Waals surface area contributed by atoms with Gasteiger partial charge >= 0.3 is 5.69 Å². The Kier molecular flexibility index (Phi) is 6.21. The maximum atomic E-state index is 12.9. The summed E-state index contributed by atoms with van der Waals surface area (Å²) < 4.78 is 3.21. The van der Waals surface area contributed by atoms with Gasteiger partial charge < -0.3 is 4.90 Å². The van der Waals surface area contributed by atoms with Crippen LogP contribution in [0.2, 0.25) is 10.0 Å². The number of piperidine rings is 1. The summed E-state index contributed by atoms with van der Waals surface area (Å²) in [5.74, 6) is -0.250. The van der Waals surface area contributed by atoms with E-state index in [1.807, 2.05) is 31.2 Å². The van der Waals surface area contributed by atoms with Gasteiger partial charge in [0.2, 0.25) is 5.91 Å². The molecular formula is C23H23Cl2N3O3. The second-order valence-corrected chi connectivity index (χ2v) is 8.56. The van der Waals surface area contributed by atoms with Crippen molar-refractivity contribution in [2.45, 2.75) is 32.9 Å². The van der Waals surface area contributed by atoms with Crippen molar-refractivity contribution in [3.05, 3.63) is 68.6 Å². The van der Waals surface area contributed by atoms with Crippen LogP contribution in [0.25, 0.3) is 11.0 Å². The number of carbonyl (C=O) groups excluding carboxylic acids is 2. The molecule has 0 saturated carbocycles. The molecule has 0 aliphatic carbocycles. The summed E-state index contributed by atoms with van der Waals surface area (Å²) >= 11 is 12.0. The molecule has 6 nitrogen and oxygen atoms in total. The summed E-state index contributed by atoms with van der Waals surface area (Å²) in [6.45, 7) is 3.42. The molecule has 1 aliphatic rings. The molecule has 1 fully saturated rings. The molecule has 0 spiro atoms. The molecule has 0 atom stereocenters. The fraction of sp³-hybridized carbons (Fsp3) is 0.348. The van der Waals surface area contributed by atoms with E-state index in [1.54, 1.807) is 27.7 Å². The lowest BCUT2D eigenvalue weighted by atomic mass is 9.89. The third-order valence-electron chi connectivity index (χ3n) is 5.96. The average molecular weight is 460 g/mol. The van der Waals surface area contributed by atoms with Gasteiger partial charge in [-0.15, -0.1) is 0 Å². The number of aromatic nitrogens is 2. The molecule has 1 aliphatic heterocycles. The van der Waals surface area contributed by atoms with Crippen LogP contribution >= 0.6 is 23.2 Å². The Hall–Kier alpha value is -2.57. The predicted octanol–water partition coefficient (Wildman–Crippen LogP) is 4.25. The number of aryl methyl sites for hydroxylation is 1. The number of nitrogens with zero attached hydrogens (tertiary/aromatic N) is 3. The smallest absolute Gasteiger partial charge is 0.329 e. The van der Waals surface area contributed by atoms with Gasteiger partial charge in [-0.25, -0.2) is 4.79 Å². The van der Waals surface area contributed by atoms with Crippen molar-refractivity contribution >= 4 is 45.9 Å². The van der Waals surface area contributed by atoms with Gasteiger partial charge in [-0.1, -0.05) is 35.3 Å². The number of amides is 1. The molecule has 0 unspecified atom stereocenters. The molecule has 1 amide bonds. The first kappa shape index (κ1) is 21.7. The zero-order valence-electron chi connectivity index (χ0n) is 17.2. The topological polar surface area (TPSA) is 64.3 Å². The lowest BCUT2D eigenvalue weighted by molar-refractivity contribution is -0.133. The SMILES string of the molecule is CCn1c(=O)n(CC(=O)N2CCC(C(=O)c3ccc(Cl)c(Cl)c3)CC2)c2ccccc21. The molecule has 2 aromatic carbocycles. The van der Waals surface area contributed by atoms with Crippen LogP contribution < -0.4 is 5.69 Å². The largest absolute Gasteiger partial charge is 0.341 e. The van der Waals surface area contributed by atoms with Gasteiger partial charge in [0.25, 0.3) is 0 Å². The summed E-state index contributed by atoms with van der Waals surface area (Å²) in [5.41, 5.74) is 1.95. The molecule has 0 N–H and O–H groups in total. The minimum absolute atomic E-state index is 0.00223. The predicted molar refractivity (Wildman–Crippen MR) is 122 cm³/mol. The van der Waals surface area contributed by atoms with Crippen LogP contribution in [0.4, 0.5) is 0 Å². The van der Waals surface area contributed by atoms with Gasteiger partial charge in [-0.3, -0.25) is 18.7 Å².